The van der Waals surface area contributed by atoms with Crippen LogP contribution in [0.2, 0.25) is 0 Å². The Morgan fingerprint density at radius 3 is 2.83 bits per heavy atom. The van der Waals surface area contributed by atoms with E-state index in [0.29, 0.717) is 0 Å². The van der Waals surface area contributed by atoms with Crippen molar-refractivity contribution < 1.29 is 0 Å². The Morgan fingerprint density at radius 1 is 1.39 bits per heavy atom. The predicted molar refractivity (Wildman–Crippen MR) is 82.3 cm³/mol. The third-order valence-corrected chi connectivity index (χ3v) is 4.84. The molecule has 1 heterocycles. The molecule has 1 aromatic carbocycles. The van der Waals surface area contributed by atoms with Gasteiger partial charge in [0.1, 0.15) is 6.07 Å². The molecule has 0 bridgehead atoms. The molecule has 1 aromatic heterocycles. The zero-order valence-corrected chi connectivity index (χ0v) is 13.0. The van der Waals surface area contributed by atoms with Gasteiger partial charge in [0.2, 0.25) is 0 Å². The molecule has 0 saturated heterocycles. The number of rotatable bonds is 4. The van der Waals surface area contributed by atoms with Crippen LogP contribution < -0.4 is 5.32 Å². The number of hydrogen-bond donors (Lipinski definition) is 1. The molecule has 0 saturated carbocycles. The van der Waals surface area contributed by atoms with E-state index in [1.54, 1.807) is 23.1 Å². The summed E-state index contributed by atoms with van der Waals surface area (Å²) in [5.74, 6) is 0. The van der Waals surface area contributed by atoms with Gasteiger partial charge in [-0.05, 0) is 46.5 Å². The van der Waals surface area contributed by atoms with E-state index in [4.69, 9.17) is 0 Å². The SMILES string of the molecule is CSc1cccc(NCc2ccc(Br)s2)c1C#N. The minimum absolute atomic E-state index is 0.723. The normalized spacial score (nSPS) is 10.1. The fraction of sp³-hybridized carbons (Fsp3) is 0.154. The molecule has 2 rings (SSSR count). The van der Waals surface area contributed by atoms with Crippen molar-refractivity contribution in [1.82, 2.24) is 0 Å². The summed E-state index contributed by atoms with van der Waals surface area (Å²) in [7, 11) is 0. The van der Waals surface area contributed by atoms with Gasteiger partial charge < -0.3 is 5.32 Å². The van der Waals surface area contributed by atoms with Crippen LogP contribution >= 0.6 is 39.0 Å². The van der Waals surface area contributed by atoms with E-state index >= 15 is 0 Å². The highest BCUT2D eigenvalue weighted by molar-refractivity contribution is 9.11. The average molecular weight is 339 g/mol. The zero-order chi connectivity index (χ0) is 13.0. The summed E-state index contributed by atoms with van der Waals surface area (Å²) in [5, 5.41) is 12.5. The number of thiophene rings is 1. The Morgan fingerprint density at radius 2 is 2.22 bits per heavy atom. The van der Waals surface area contributed by atoms with Crippen LogP contribution in [0.3, 0.4) is 0 Å². The smallest absolute Gasteiger partial charge is 0.102 e. The number of nitrogens with one attached hydrogen (secondary N) is 1. The van der Waals surface area contributed by atoms with Crippen LogP contribution in [0.15, 0.2) is 39.0 Å². The lowest BCUT2D eigenvalue weighted by molar-refractivity contribution is 1.18. The van der Waals surface area contributed by atoms with E-state index < -0.39 is 0 Å². The highest BCUT2D eigenvalue weighted by Gasteiger charge is 2.07. The van der Waals surface area contributed by atoms with Gasteiger partial charge in [-0.1, -0.05) is 6.07 Å². The maximum Gasteiger partial charge on any atom is 0.102 e. The molecule has 0 unspecified atom stereocenters. The lowest BCUT2D eigenvalue weighted by atomic mass is 10.2. The molecular weight excluding hydrogens is 328 g/mol. The first-order chi connectivity index (χ1) is 8.74. The number of nitrogens with zero attached hydrogens (tertiary/aromatic N) is 1. The first-order valence-corrected chi connectivity index (χ1v) is 8.13. The van der Waals surface area contributed by atoms with Gasteiger partial charge >= 0.3 is 0 Å². The predicted octanol–water partition coefficient (Wildman–Crippen LogP) is 4.72. The van der Waals surface area contributed by atoms with Crippen molar-refractivity contribution in [3.8, 4) is 6.07 Å². The van der Waals surface area contributed by atoms with Gasteiger partial charge in [0, 0.05) is 16.3 Å². The lowest BCUT2D eigenvalue weighted by Gasteiger charge is -2.09. The van der Waals surface area contributed by atoms with Crippen LogP contribution in [0, 0.1) is 11.3 Å². The van der Waals surface area contributed by atoms with E-state index in [-0.39, 0.29) is 0 Å². The molecule has 0 atom stereocenters. The first-order valence-electron chi connectivity index (χ1n) is 5.30. The number of nitriles is 1. The molecule has 18 heavy (non-hydrogen) atoms. The largest absolute Gasteiger partial charge is 0.379 e. The van der Waals surface area contributed by atoms with Gasteiger partial charge in [-0.25, -0.2) is 0 Å². The topological polar surface area (TPSA) is 35.8 Å². The van der Waals surface area contributed by atoms with E-state index in [1.807, 2.05) is 30.5 Å². The van der Waals surface area contributed by atoms with Gasteiger partial charge in [-0.3, -0.25) is 0 Å². The molecule has 0 fully saturated rings. The van der Waals surface area contributed by atoms with Crippen LogP contribution in [-0.4, -0.2) is 6.26 Å². The number of benzene rings is 1. The minimum atomic E-state index is 0.723. The monoisotopic (exact) mass is 338 g/mol. The van der Waals surface area contributed by atoms with E-state index in [9.17, 15) is 5.26 Å². The summed E-state index contributed by atoms with van der Waals surface area (Å²) in [6.07, 6.45) is 1.98. The van der Waals surface area contributed by atoms with Gasteiger partial charge in [-0.15, -0.1) is 23.1 Å². The summed E-state index contributed by atoms with van der Waals surface area (Å²) in [6.45, 7) is 0.739. The van der Waals surface area contributed by atoms with Crippen LogP contribution in [0.4, 0.5) is 5.69 Å². The Balaban J connectivity index is 2.17. The van der Waals surface area contributed by atoms with Gasteiger partial charge in [0.25, 0.3) is 0 Å². The highest BCUT2D eigenvalue weighted by atomic mass is 79.9. The van der Waals surface area contributed by atoms with Crippen molar-refractivity contribution in [2.45, 2.75) is 11.4 Å². The number of halogens is 1. The van der Waals surface area contributed by atoms with Crippen LogP contribution in [0.1, 0.15) is 10.4 Å². The molecule has 2 aromatic rings. The van der Waals surface area contributed by atoms with Crippen LogP contribution in [-0.2, 0) is 6.54 Å². The van der Waals surface area contributed by atoms with Crippen molar-refractivity contribution >= 4 is 44.7 Å². The Hall–Kier alpha value is -0.960. The molecule has 0 aliphatic carbocycles. The Bertz CT molecular complexity index is 587. The number of anilines is 1. The summed E-state index contributed by atoms with van der Waals surface area (Å²) < 4.78 is 1.12. The third-order valence-electron chi connectivity index (χ3n) is 2.44. The van der Waals surface area contributed by atoms with Crippen molar-refractivity contribution in [1.29, 1.82) is 5.26 Å². The Labute approximate surface area is 123 Å². The van der Waals surface area contributed by atoms with Crippen molar-refractivity contribution in [2.24, 2.45) is 0 Å². The lowest BCUT2D eigenvalue weighted by Crippen LogP contribution is -2.00. The summed E-state index contributed by atoms with van der Waals surface area (Å²) >= 11 is 6.73. The molecular formula is C13H11BrN2S2. The molecule has 2 nitrogen and oxygen atoms in total. The maximum atomic E-state index is 9.22. The maximum absolute atomic E-state index is 9.22. The third kappa shape index (κ3) is 3.08. The van der Waals surface area contributed by atoms with Crippen molar-refractivity contribution in [3.63, 3.8) is 0 Å². The second-order valence-electron chi connectivity index (χ2n) is 3.55. The van der Waals surface area contributed by atoms with Gasteiger partial charge in [0.15, 0.2) is 0 Å². The molecule has 1 N–H and O–H groups in total. The molecule has 0 aliphatic rings. The molecule has 5 heteroatoms. The Kier molecular flexibility index (Phi) is 4.70. The second-order valence-corrected chi connectivity index (χ2v) is 6.95. The molecule has 0 radical (unpaired) electrons. The molecule has 0 aliphatic heterocycles. The molecule has 0 spiro atoms. The molecule has 0 amide bonds. The summed E-state index contributed by atoms with van der Waals surface area (Å²) in [5.41, 5.74) is 1.62. The fourth-order valence-corrected chi connectivity index (χ4v) is 3.59. The van der Waals surface area contributed by atoms with Crippen molar-refractivity contribution in [2.75, 3.05) is 11.6 Å². The first kappa shape index (κ1) is 13.5. The standard InChI is InChI=1S/C13H11BrN2S2/c1-17-12-4-2-3-11(10(12)7-15)16-8-9-5-6-13(14)18-9/h2-6,16H,8H2,1H3. The van der Waals surface area contributed by atoms with Gasteiger partial charge in [-0.2, -0.15) is 5.26 Å². The van der Waals surface area contributed by atoms with E-state index in [2.05, 4.69) is 33.4 Å². The van der Waals surface area contributed by atoms with Crippen molar-refractivity contribution in [3.05, 3.63) is 44.6 Å². The number of thioether (sulfide) groups is 1. The van der Waals surface area contributed by atoms with Crippen LogP contribution in [0.25, 0.3) is 0 Å². The van der Waals surface area contributed by atoms with E-state index in [1.165, 1.54) is 4.88 Å². The average Bonchev–Trinajstić information content (AvgIpc) is 2.81. The fourth-order valence-electron chi connectivity index (χ4n) is 1.59. The summed E-state index contributed by atoms with van der Waals surface area (Å²) in [6, 6.07) is 12.3. The zero-order valence-electron chi connectivity index (χ0n) is 9.74. The number of hydrogen-bond acceptors (Lipinski definition) is 4. The summed E-state index contributed by atoms with van der Waals surface area (Å²) in [4.78, 5) is 2.25. The van der Waals surface area contributed by atoms with Crippen LogP contribution in [0.5, 0.6) is 0 Å². The second kappa shape index (κ2) is 6.28. The van der Waals surface area contributed by atoms with Gasteiger partial charge in [0.05, 0.1) is 15.0 Å². The minimum Gasteiger partial charge on any atom is -0.379 e. The highest BCUT2D eigenvalue weighted by Crippen LogP contribution is 2.28. The quantitative estimate of drug-likeness (QED) is 0.819. The molecule has 92 valence electrons. The van der Waals surface area contributed by atoms with E-state index in [0.717, 1.165) is 26.5 Å².